The van der Waals surface area contributed by atoms with Gasteiger partial charge in [-0.25, -0.2) is 0 Å². The first-order valence-electron chi connectivity index (χ1n) is 5.81. The summed E-state index contributed by atoms with van der Waals surface area (Å²) in [7, 11) is 1.77. The van der Waals surface area contributed by atoms with Crippen LogP contribution in [-0.4, -0.2) is 44.3 Å². The second-order valence-electron chi connectivity index (χ2n) is 4.12. The van der Waals surface area contributed by atoms with E-state index < -0.39 is 0 Å². The Balaban J connectivity index is 2.13. The molecule has 3 heteroatoms. The van der Waals surface area contributed by atoms with Gasteiger partial charge in [-0.3, -0.25) is 4.90 Å². The zero-order valence-electron chi connectivity index (χ0n) is 9.37. The third kappa shape index (κ3) is 3.95. The number of piperidine rings is 1. The largest absolute Gasteiger partial charge is 0.385 e. The van der Waals surface area contributed by atoms with Crippen LogP contribution in [0.1, 0.15) is 32.1 Å². The first-order chi connectivity index (χ1) is 6.88. The Bertz CT molecular complexity index is 141. The zero-order valence-corrected chi connectivity index (χ0v) is 9.37. The van der Waals surface area contributed by atoms with Gasteiger partial charge in [0.1, 0.15) is 0 Å². The summed E-state index contributed by atoms with van der Waals surface area (Å²) in [5, 5.41) is 0. The van der Waals surface area contributed by atoms with E-state index >= 15 is 0 Å². The Morgan fingerprint density at radius 2 is 2.21 bits per heavy atom. The average molecular weight is 200 g/mol. The molecule has 0 aromatic heterocycles. The van der Waals surface area contributed by atoms with Crippen LogP contribution in [-0.2, 0) is 4.74 Å². The number of likely N-dealkylation sites (tertiary alicyclic amines) is 1. The number of methoxy groups -OCH3 is 1. The first kappa shape index (κ1) is 12.0. The summed E-state index contributed by atoms with van der Waals surface area (Å²) in [6.07, 6.45) is 6.41. The van der Waals surface area contributed by atoms with Crippen molar-refractivity contribution in [2.75, 3.05) is 33.4 Å². The van der Waals surface area contributed by atoms with Gasteiger partial charge in [0.15, 0.2) is 0 Å². The fourth-order valence-corrected chi connectivity index (χ4v) is 2.18. The molecule has 1 heterocycles. The molecule has 0 amide bonds. The fraction of sp³-hybridized carbons (Fsp3) is 1.00. The third-order valence-electron chi connectivity index (χ3n) is 3.06. The van der Waals surface area contributed by atoms with Gasteiger partial charge in [-0.2, -0.15) is 0 Å². The van der Waals surface area contributed by atoms with Crippen LogP contribution in [0.2, 0.25) is 0 Å². The van der Waals surface area contributed by atoms with Crippen LogP contribution in [0.3, 0.4) is 0 Å². The fourth-order valence-electron chi connectivity index (χ4n) is 2.18. The molecule has 3 nitrogen and oxygen atoms in total. The molecule has 0 bridgehead atoms. The number of nitrogens with two attached hydrogens (primary N) is 1. The van der Waals surface area contributed by atoms with Gasteiger partial charge in [-0.15, -0.1) is 0 Å². The predicted octanol–water partition coefficient (Wildman–Crippen LogP) is 1.23. The van der Waals surface area contributed by atoms with E-state index in [4.69, 9.17) is 10.5 Å². The summed E-state index contributed by atoms with van der Waals surface area (Å²) in [5.41, 5.74) is 5.76. The van der Waals surface area contributed by atoms with Crippen LogP contribution in [0.4, 0.5) is 0 Å². The number of nitrogens with zero attached hydrogens (tertiary/aromatic N) is 1. The van der Waals surface area contributed by atoms with Crippen LogP contribution in [0.15, 0.2) is 0 Å². The minimum absolute atomic E-state index is 0.645. The van der Waals surface area contributed by atoms with Crippen molar-refractivity contribution in [3.63, 3.8) is 0 Å². The molecule has 0 aliphatic carbocycles. The smallest absolute Gasteiger partial charge is 0.0462 e. The lowest BCUT2D eigenvalue weighted by atomic mass is 10.0. The van der Waals surface area contributed by atoms with E-state index in [1.165, 1.54) is 45.2 Å². The Labute approximate surface area is 87.6 Å². The van der Waals surface area contributed by atoms with Crippen LogP contribution >= 0.6 is 0 Å². The second kappa shape index (κ2) is 7.21. The quantitative estimate of drug-likeness (QED) is 0.655. The molecule has 0 aromatic rings. The molecule has 1 atom stereocenters. The van der Waals surface area contributed by atoms with E-state index in [0.29, 0.717) is 6.04 Å². The molecule has 1 rings (SSSR count). The monoisotopic (exact) mass is 200 g/mol. The van der Waals surface area contributed by atoms with Crippen LogP contribution < -0.4 is 5.73 Å². The normalized spacial score (nSPS) is 24.0. The maximum atomic E-state index is 5.76. The van der Waals surface area contributed by atoms with Crippen LogP contribution in [0.25, 0.3) is 0 Å². The van der Waals surface area contributed by atoms with E-state index in [1.807, 2.05) is 0 Å². The Morgan fingerprint density at radius 3 is 2.93 bits per heavy atom. The lowest BCUT2D eigenvalue weighted by Crippen LogP contribution is -2.44. The van der Waals surface area contributed by atoms with Gasteiger partial charge in [0.25, 0.3) is 0 Å². The summed E-state index contributed by atoms with van der Waals surface area (Å²) in [4.78, 5) is 2.55. The van der Waals surface area contributed by atoms with Crippen molar-refractivity contribution < 1.29 is 4.74 Å². The molecule has 0 radical (unpaired) electrons. The average Bonchev–Trinajstić information content (AvgIpc) is 2.25. The Hall–Kier alpha value is -0.120. The molecule has 1 fully saturated rings. The second-order valence-corrected chi connectivity index (χ2v) is 4.12. The van der Waals surface area contributed by atoms with Crippen molar-refractivity contribution in [3.05, 3.63) is 0 Å². The third-order valence-corrected chi connectivity index (χ3v) is 3.06. The molecule has 1 aliphatic heterocycles. The molecule has 1 saturated heterocycles. The SMILES string of the molecule is COCCCCN1CCCCC1CN. The first-order valence-corrected chi connectivity index (χ1v) is 5.81. The van der Waals surface area contributed by atoms with Gasteiger partial charge in [-0.1, -0.05) is 6.42 Å². The number of rotatable bonds is 6. The van der Waals surface area contributed by atoms with Gasteiger partial charge in [-0.05, 0) is 38.8 Å². The highest BCUT2D eigenvalue weighted by molar-refractivity contribution is 4.77. The van der Waals surface area contributed by atoms with E-state index in [-0.39, 0.29) is 0 Å². The number of ether oxygens (including phenoxy) is 1. The van der Waals surface area contributed by atoms with Crippen molar-refractivity contribution in [2.45, 2.75) is 38.1 Å². The minimum Gasteiger partial charge on any atom is -0.385 e. The highest BCUT2D eigenvalue weighted by Gasteiger charge is 2.19. The number of unbranched alkanes of at least 4 members (excludes halogenated alkanes) is 1. The van der Waals surface area contributed by atoms with E-state index in [9.17, 15) is 0 Å². The lowest BCUT2D eigenvalue weighted by molar-refractivity contribution is 0.139. The maximum absolute atomic E-state index is 5.76. The molecular weight excluding hydrogens is 176 g/mol. The van der Waals surface area contributed by atoms with Gasteiger partial charge in [0.05, 0.1) is 0 Å². The molecule has 0 spiro atoms. The van der Waals surface area contributed by atoms with Gasteiger partial charge < -0.3 is 10.5 Å². The summed E-state index contributed by atoms with van der Waals surface area (Å²) in [6, 6.07) is 0.645. The van der Waals surface area contributed by atoms with Crippen molar-refractivity contribution in [3.8, 4) is 0 Å². The molecule has 84 valence electrons. The van der Waals surface area contributed by atoms with Gasteiger partial charge in [0, 0.05) is 26.3 Å². The van der Waals surface area contributed by atoms with Crippen LogP contribution in [0.5, 0.6) is 0 Å². The summed E-state index contributed by atoms with van der Waals surface area (Å²) < 4.78 is 5.04. The number of hydrogen-bond acceptors (Lipinski definition) is 3. The topological polar surface area (TPSA) is 38.5 Å². The summed E-state index contributed by atoms with van der Waals surface area (Å²) in [6.45, 7) is 4.16. The molecule has 0 saturated carbocycles. The molecular formula is C11H24N2O. The highest BCUT2D eigenvalue weighted by atomic mass is 16.5. The van der Waals surface area contributed by atoms with Crippen molar-refractivity contribution >= 4 is 0 Å². The van der Waals surface area contributed by atoms with E-state index in [0.717, 1.165) is 13.2 Å². The molecule has 1 unspecified atom stereocenters. The molecule has 2 N–H and O–H groups in total. The van der Waals surface area contributed by atoms with Crippen molar-refractivity contribution in [1.29, 1.82) is 0 Å². The highest BCUT2D eigenvalue weighted by Crippen LogP contribution is 2.16. The summed E-state index contributed by atoms with van der Waals surface area (Å²) in [5.74, 6) is 0. The molecule has 1 aliphatic rings. The van der Waals surface area contributed by atoms with E-state index in [2.05, 4.69) is 4.90 Å². The molecule has 0 aromatic carbocycles. The maximum Gasteiger partial charge on any atom is 0.0462 e. The van der Waals surface area contributed by atoms with Gasteiger partial charge >= 0.3 is 0 Å². The van der Waals surface area contributed by atoms with Crippen molar-refractivity contribution in [1.82, 2.24) is 4.90 Å². The standard InChI is InChI=1S/C11H24N2O/c1-14-9-5-4-8-13-7-3-2-6-11(13)10-12/h11H,2-10,12H2,1H3. The van der Waals surface area contributed by atoms with E-state index in [1.54, 1.807) is 7.11 Å². The lowest BCUT2D eigenvalue weighted by Gasteiger charge is -2.34. The Kier molecular flexibility index (Phi) is 6.15. The van der Waals surface area contributed by atoms with Gasteiger partial charge in [0.2, 0.25) is 0 Å². The minimum atomic E-state index is 0.645. The Morgan fingerprint density at radius 1 is 1.36 bits per heavy atom. The van der Waals surface area contributed by atoms with Crippen LogP contribution in [0, 0.1) is 0 Å². The van der Waals surface area contributed by atoms with Crippen molar-refractivity contribution in [2.24, 2.45) is 5.73 Å². The molecule has 14 heavy (non-hydrogen) atoms. The predicted molar refractivity (Wildman–Crippen MR) is 59.4 cm³/mol. The number of hydrogen-bond donors (Lipinski definition) is 1. The zero-order chi connectivity index (χ0) is 10.2. The summed E-state index contributed by atoms with van der Waals surface area (Å²) >= 11 is 0.